The third-order valence-corrected chi connectivity index (χ3v) is 5.63. The van der Waals surface area contributed by atoms with Gasteiger partial charge >= 0.3 is 0 Å². The molecule has 2 aliphatic heterocycles. The van der Waals surface area contributed by atoms with Gasteiger partial charge in [-0.05, 0) is 18.6 Å². The summed E-state index contributed by atoms with van der Waals surface area (Å²) in [6.45, 7) is 3.53. The molecule has 0 bridgehead atoms. The van der Waals surface area contributed by atoms with Crippen molar-refractivity contribution in [2.75, 3.05) is 39.4 Å². The van der Waals surface area contributed by atoms with E-state index in [9.17, 15) is 14.7 Å². The highest BCUT2D eigenvalue weighted by atomic mass is 16.5. The Hall–Kier alpha value is -2.22. The Labute approximate surface area is 157 Å². The first-order valence-corrected chi connectivity index (χ1v) is 9.44. The lowest BCUT2D eigenvalue weighted by atomic mass is 10.1. The average Bonchev–Trinajstić information content (AvgIpc) is 2.96. The summed E-state index contributed by atoms with van der Waals surface area (Å²) in [5.41, 5.74) is 0.819. The SMILES string of the molecule is Cn1cc(C(=O)N2CCCN([C@H]3COC[C@@H]3O)CC2)c(=O)c2ccccc21. The van der Waals surface area contributed by atoms with Crippen LogP contribution in [0.25, 0.3) is 10.9 Å². The summed E-state index contributed by atoms with van der Waals surface area (Å²) in [5, 5.41) is 10.6. The fourth-order valence-corrected chi connectivity index (χ4v) is 4.12. The number of aliphatic hydroxyl groups excluding tert-OH is 1. The number of amides is 1. The number of aromatic nitrogens is 1. The predicted octanol–water partition coefficient (Wildman–Crippen LogP) is 0.446. The Balaban J connectivity index is 1.56. The molecule has 0 saturated carbocycles. The van der Waals surface area contributed by atoms with E-state index in [0.29, 0.717) is 38.2 Å². The molecule has 7 heteroatoms. The second-order valence-electron chi connectivity index (χ2n) is 7.35. The molecule has 2 atom stereocenters. The highest BCUT2D eigenvalue weighted by Crippen LogP contribution is 2.17. The molecule has 0 aliphatic carbocycles. The van der Waals surface area contributed by atoms with Gasteiger partial charge in [0.05, 0.1) is 30.9 Å². The minimum atomic E-state index is -0.472. The van der Waals surface area contributed by atoms with Crippen molar-refractivity contribution in [1.29, 1.82) is 0 Å². The lowest BCUT2D eigenvalue weighted by Crippen LogP contribution is -2.45. The van der Waals surface area contributed by atoms with E-state index in [1.165, 1.54) is 0 Å². The highest BCUT2D eigenvalue weighted by molar-refractivity contribution is 5.97. The van der Waals surface area contributed by atoms with Gasteiger partial charge in [-0.2, -0.15) is 0 Å². The maximum Gasteiger partial charge on any atom is 0.259 e. The summed E-state index contributed by atoms with van der Waals surface area (Å²) in [4.78, 5) is 29.9. The van der Waals surface area contributed by atoms with E-state index < -0.39 is 6.10 Å². The summed E-state index contributed by atoms with van der Waals surface area (Å²) in [6, 6.07) is 7.34. The number of nitrogens with zero attached hydrogens (tertiary/aromatic N) is 3. The smallest absolute Gasteiger partial charge is 0.259 e. The number of fused-ring (bicyclic) bond motifs is 1. The van der Waals surface area contributed by atoms with Crippen molar-refractivity contribution in [3.8, 4) is 0 Å². The highest BCUT2D eigenvalue weighted by Gasteiger charge is 2.33. The summed E-state index contributed by atoms with van der Waals surface area (Å²) < 4.78 is 7.19. The van der Waals surface area contributed by atoms with Crippen LogP contribution in [0.2, 0.25) is 0 Å². The van der Waals surface area contributed by atoms with Crippen molar-refractivity contribution in [3.63, 3.8) is 0 Å². The number of carbonyl (C=O) groups is 1. The van der Waals surface area contributed by atoms with Crippen molar-refractivity contribution >= 4 is 16.8 Å². The van der Waals surface area contributed by atoms with Gasteiger partial charge in [0.2, 0.25) is 5.43 Å². The predicted molar refractivity (Wildman–Crippen MR) is 102 cm³/mol. The van der Waals surface area contributed by atoms with Crippen molar-refractivity contribution in [1.82, 2.24) is 14.4 Å². The molecule has 0 radical (unpaired) electrons. The summed E-state index contributed by atoms with van der Waals surface area (Å²) in [7, 11) is 1.85. The maximum absolute atomic E-state index is 13.1. The van der Waals surface area contributed by atoms with Gasteiger partial charge in [0, 0.05) is 44.8 Å². The normalized spacial score (nSPS) is 24.3. The van der Waals surface area contributed by atoms with Crippen LogP contribution < -0.4 is 5.43 Å². The lowest BCUT2D eigenvalue weighted by Gasteiger charge is -2.28. The number of aliphatic hydroxyl groups is 1. The molecule has 1 aromatic heterocycles. The second-order valence-corrected chi connectivity index (χ2v) is 7.35. The Morgan fingerprint density at radius 3 is 2.74 bits per heavy atom. The first-order valence-electron chi connectivity index (χ1n) is 9.44. The number of aryl methyl sites for hydroxylation is 1. The molecule has 0 unspecified atom stereocenters. The van der Waals surface area contributed by atoms with Crippen LogP contribution in [0.15, 0.2) is 35.3 Å². The molecule has 2 fully saturated rings. The van der Waals surface area contributed by atoms with Crippen LogP contribution in [0.3, 0.4) is 0 Å². The van der Waals surface area contributed by atoms with Crippen LogP contribution >= 0.6 is 0 Å². The van der Waals surface area contributed by atoms with Gasteiger partial charge in [-0.25, -0.2) is 0 Å². The van der Waals surface area contributed by atoms with E-state index in [4.69, 9.17) is 4.74 Å². The van der Waals surface area contributed by atoms with E-state index in [-0.39, 0.29) is 22.9 Å². The number of hydrogen-bond donors (Lipinski definition) is 1. The van der Waals surface area contributed by atoms with Crippen LogP contribution in [0.4, 0.5) is 0 Å². The number of hydrogen-bond acceptors (Lipinski definition) is 5. The summed E-state index contributed by atoms with van der Waals surface area (Å²) >= 11 is 0. The fourth-order valence-electron chi connectivity index (χ4n) is 4.12. The molecule has 27 heavy (non-hydrogen) atoms. The van der Waals surface area contributed by atoms with Gasteiger partial charge in [-0.3, -0.25) is 14.5 Å². The largest absolute Gasteiger partial charge is 0.389 e. The summed E-state index contributed by atoms with van der Waals surface area (Å²) in [5.74, 6) is -0.216. The van der Waals surface area contributed by atoms with Crippen LogP contribution in [-0.4, -0.2) is 76.9 Å². The Kier molecular flexibility index (Phi) is 4.99. The zero-order chi connectivity index (χ0) is 19.0. The lowest BCUT2D eigenvalue weighted by molar-refractivity contribution is 0.0723. The van der Waals surface area contributed by atoms with Crippen molar-refractivity contribution < 1.29 is 14.6 Å². The molecule has 1 amide bonds. The van der Waals surface area contributed by atoms with Crippen LogP contribution in [-0.2, 0) is 11.8 Å². The molecule has 0 spiro atoms. The third kappa shape index (κ3) is 3.38. The zero-order valence-corrected chi connectivity index (χ0v) is 15.5. The van der Waals surface area contributed by atoms with Gasteiger partial charge in [0.25, 0.3) is 5.91 Å². The van der Waals surface area contributed by atoms with Crippen molar-refractivity contribution in [2.45, 2.75) is 18.6 Å². The van der Waals surface area contributed by atoms with Gasteiger partial charge in [-0.15, -0.1) is 0 Å². The molecule has 2 saturated heterocycles. The van der Waals surface area contributed by atoms with E-state index in [0.717, 1.165) is 18.5 Å². The molecule has 7 nitrogen and oxygen atoms in total. The van der Waals surface area contributed by atoms with Gasteiger partial charge < -0.3 is 19.3 Å². The first-order chi connectivity index (χ1) is 13.1. The monoisotopic (exact) mass is 371 g/mol. The molecule has 1 aromatic carbocycles. The molecular formula is C20H25N3O4. The Bertz CT molecular complexity index is 910. The number of pyridine rings is 1. The zero-order valence-electron chi connectivity index (χ0n) is 15.5. The fraction of sp³-hybridized carbons (Fsp3) is 0.500. The van der Waals surface area contributed by atoms with Crippen LogP contribution in [0, 0.1) is 0 Å². The van der Waals surface area contributed by atoms with Crippen LogP contribution in [0.5, 0.6) is 0 Å². The summed E-state index contributed by atoms with van der Waals surface area (Å²) in [6.07, 6.45) is 1.98. The minimum absolute atomic E-state index is 0.00593. The molecule has 3 heterocycles. The number of carbonyl (C=O) groups excluding carboxylic acids is 1. The molecule has 4 rings (SSSR count). The number of benzene rings is 1. The Morgan fingerprint density at radius 1 is 1.15 bits per heavy atom. The van der Waals surface area contributed by atoms with Crippen LogP contribution in [0.1, 0.15) is 16.8 Å². The van der Waals surface area contributed by atoms with Gasteiger partial charge in [0.15, 0.2) is 0 Å². The van der Waals surface area contributed by atoms with E-state index >= 15 is 0 Å². The average molecular weight is 371 g/mol. The minimum Gasteiger partial charge on any atom is -0.389 e. The number of ether oxygens (including phenoxy) is 1. The quantitative estimate of drug-likeness (QED) is 0.830. The third-order valence-electron chi connectivity index (χ3n) is 5.63. The number of para-hydroxylation sites is 1. The van der Waals surface area contributed by atoms with E-state index in [1.807, 2.05) is 29.8 Å². The first kappa shape index (κ1) is 18.2. The second kappa shape index (κ2) is 7.42. The number of rotatable bonds is 2. The van der Waals surface area contributed by atoms with Gasteiger partial charge in [-0.1, -0.05) is 12.1 Å². The van der Waals surface area contributed by atoms with Crippen molar-refractivity contribution in [3.05, 3.63) is 46.2 Å². The van der Waals surface area contributed by atoms with Gasteiger partial charge in [0.1, 0.15) is 5.56 Å². The molecule has 2 aliphatic rings. The topological polar surface area (TPSA) is 75.0 Å². The molecular weight excluding hydrogens is 346 g/mol. The molecule has 1 N–H and O–H groups in total. The van der Waals surface area contributed by atoms with E-state index in [1.54, 1.807) is 17.2 Å². The Morgan fingerprint density at radius 2 is 1.96 bits per heavy atom. The molecule has 2 aromatic rings. The molecule has 144 valence electrons. The van der Waals surface area contributed by atoms with Crippen molar-refractivity contribution in [2.24, 2.45) is 7.05 Å². The standard InChI is InChI=1S/C20H25N3O4/c1-21-11-15(19(25)14-5-2-3-6-16(14)21)20(26)23-8-4-7-22(9-10-23)17-12-27-13-18(17)24/h2-3,5-6,11,17-18,24H,4,7-10,12-13H2,1H3/t17-,18-/m0/s1. The maximum atomic E-state index is 13.1. The van der Waals surface area contributed by atoms with E-state index in [2.05, 4.69) is 4.90 Å².